The third-order valence-electron chi connectivity index (χ3n) is 10.9. The number of aromatic hydroxyl groups is 3. The number of esters is 1. The average molecular weight is 920 g/mol. The van der Waals surface area contributed by atoms with Gasteiger partial charge in [-0.05, 0) is 54.1 Å². The quantitative estimate of drug-likeness (QED) is 0.0274. The normalized spacial score (nSPS) is 32.9. The van der Waals surface area contributed by atoms with E-state index >= 15 is 0 Å². The minimum absolute atomic E-state index is 0.0613. The number of fused-ring (bicyclic) bond motifs is 1. The first-order chi connectivity index (χ1) is 31.0. The number of aliphatic hydroxyl groups is 10. The standard InChI is InChI=1S/C42H46O23/c43-13-26-30(50)33(53)36(56)40(62-26)60-24-11-19(46)10-23-20(24)12-25(38(59-23)17-3-5-18(45)6-4-17)61-42-39(35(55)31(51)27(14-44)63-42)65-41-37(57)34(54)32(52)28(64-41)15-58-29(49)8-2-16-1-7-21(47)22(48)9-16/h1-12,26-28,30-37,39-45,47-48,50-57H,13-15H2/p+1/t26-,27-,28-,30-,31-,32-,33+,34+,35+,36-,37-,39-,40-,41+,42-/m1/s1. The molecule has 23 nitrogen and oxygen atoms in total. The molecule has 0 unspecified atom stereocenters. The second-order valence-electron chi connectivity index (χ2n) is 15.3. The molecule has 3 fully saturated rings. The molecule has 5 aliphatic rings. The van der Waals surface area contributed by atoms with Gasteiger partial charge in [0.15, 0.2) is 40.8 Å². The highest BCUT2D eigenvalue weighted by atomic mass is 16.8. The molecule has 4 heterocycles. The summed E-state index contributed by atoms with van der Waals surface area (Å²) in [7, 11) is 0. The Kier molecular flexibility index (Phi) is 14.6. The zero-order valence-corrected chi connectivity index (χ0v) is 33.6. The van der Waals surface area contributed by atoms with Crippen molar-refractivity contribution >= 4 is 12.0 Å². The van der Waals surface area contributed by atoms with Crippen molar-refractivity contribution in [1.82, 2.24) is 0 Å². The van der Waals surface area contributed by atoms with Crippen molar-refractivity contribution < 1.29 is 109 Å². The van der Waals surface area contributed by atoms with Gasteiger partial charge in [0.05, 0.1) is 24.9 Å². The molecule has 3 saturated heterocycles. The Labute approximate surface area is 366 Å². The van der Waals surface area contributed by atoms with Crippen LogP contribution in [0.3, 0.4) is 0 Å². The number of ether oxygens (including phenoxy) is 7. The summed E-state index contributed by atoms with van der Waals surface area (Å²) in [4.78, 5) is 23.3. The maximum Gasteiger partial charge on any atom is 0.510 e. The zero-order chi connectivity index (χ0) is 46.9. The molecule has 0 amide bonds. The number of hydrogen-bond acceptors (Lipinski definition) is 22. The molecule has 7 rings (SSSR count). The number of phenols is 3. The van der Waals surface area contributed by atoms with E-state index in [1.807, 2.05) is 0 Å². The number of aliphatic hydroxyl groups excluding tert-OH is 10. The van der Waals surface area contributed by atoms with Gasteiger partial charge in [-0.1, -0.05) is 6.07 Å². The van der Waals surface area contributed by atoms with E-state index in [2.05, 4.69) is 0 Å². The van der Waals surface area contributed by atoms with Crippen molar-refractivity contribution in [2.24, 2.45) is 0 Å². The molecule has 0 radical (unpaired) electrons. The van der Waals surface area contributed by atoms with Crippen LogP contribution in [0.4, 0.5) is 0 Å². The lowest BCUT2D eigenvalue weighted by Crippen LogP contribution is -2.65. The van der Waals surface area contributed by atoms with Crippen LogP contribution >= 0.6 is 0 Å². The van der Waals surface area contributed by atoms with Crippen LogP contribution in [-0.2, 0) is 23.7 Å². The van der Waals surface area contributed by atoms with Crippen LogP contribution in [0.25, 0.3) is 28.7 Å². The first kappa shape index (κ1) is 47.5. The first-order valence-corrected chi connectivity index (χ1v) is 19.9. The minimum atomic E-state index is -2.05. The summed E-state index contributed by atoms with van der Waals surface area (Å²) in [6.45, 7) is -2.34. The van der Waals surface area contributed by atoms with Gasteiger partial charge >= 0.3 is 5.97 Å². The summed E-state index contributed by atoms with van der Waals surface area (Å²) in [5, 5.41) is 135. The summed E-state index contributed by atoms with van der Waals surface area (Å²) in [5.41, 5.74) is -0.186. The van der Waals surface area contributed by atoms with Crippen molar-refractivity contribution in [3.05, 3.63) is 82.5 Å². The third-order valence-corrected chi connectivity index (χ3v) is 10.9. The molecule has 15 atom stereocenters. The van der Waals surface area contributed by atoms with Crippen LogP contribution in [0.15, 0.2) is 76.0 Å². The highest BCUT2D eigenvalue weighted by molar-refractivity contribution is 5.88. The smallest absolute Gasteiger partial charge is 0.508 e. The number of carbonyl (C=O) groups excluding carboxylic acids is 1. The lowest BCUT2D eigenvalue weighted by atomic mass is 9.97. The first-order valence-electron chi connectivity index (χ1n) is 19.9. The van der Waals surface area contributed by atoms with Gasteiger partial charge in [0.1, 0.15) is 84.4 Å². The second kappa shape index (κ2) is 19.9. The molecule has 0 saturated carbocycles. The van der Waals surface area contributed by atoms with E-state index in [1.54, 1.807) is 0 Å². The SMILES string of the molecule is O=c1cc2oc(-c3ccc(O)cc3)c(O[C@@H]3O[C@H](CO)[C@@H](O)[C@H](O)[C@H]3O[C@@H]3O[C@H](COC(=[OH+])C=Cc4ccc(O)c(O)c4)[C@@H](O)[C@H](O)[C@H]3O)cc-2c(O[C@@H]2O[C@H](CO)[C@@H](O)[C@H](O)[C@H]2O)c1. The van der Waals surface area contributed by atoms with Crippen LogP contribution in [0, 0.1) is 0 Å². The van der Waals surface area contributed by atoms with Gasteiger partial charge in [-0.25, -0.2) is 0 Å². The number of hydrogen-bond donors (Lipinski definition) is 13. The van der Waals surface area contributed by atoms with E-state index < -0.39 is 129 Å². The number of phenolic OH excluding ortho intramolecular Hbond substituents is 3. The summed E-state index contributed by atoms with van der Waals surface area (Å²) < 4.78 is 46.5. The van der Waals surface area contributed by atoms with Crippen molar-refractivity contribution in [2.45, 2.75) is 92.1 Å². The van der Waals surface area contributed by atoms with Gasteiger partial charge in [-0.15, -0.1) is 0 Å². The Morgan fingerprint density at radius 2 is 1.23 bits per heavy atom. The van der Waals surface area contributed by atoms with E-state index in [-0.39, 0.29) is 45.6 Å². The molecule has 1 aliphatic carbocycles. The van der Waals surface area contributed by atoms with Gasteiger partial charge < -0.3 is 109 Å². The minimum Gasteiger partial charge on any atom is -0.508 e. The number of benzene rings is 3. The summed E-state index contributed by atoms with van der Waals surface area (Å²) in [6.07, 6.45) is -24.9. The van der Waals surface area contributed by atoms with Crippen LogP contribution in [-0.4, -0.2) is 189 Å². The molecule has 2 aromatic carbocycles. The molecule has 352 valence electrons. The van der Waals surface area contributed by atoms with E-state index in [4.69, 9.17) is 37.6 Å². The fraction of sp³-hybridized carbons (Fsp3) is 0.429. The largest absolute Gasteiger partial charge is 0.510 e. The molecule has 0 spiro atoms. The van der Waals surface area contributed by atoms with Gasteiger partial charge in [0.2, 0.25) is 19.2 Å². The molecule has 0 bridgehead atoms. The lowest BCUT2D eigenvalue weighted by Gasteiger charge is -2.45. The Morgan fingerprint density at radius 3 is 1.89 bits per heavy atom. The van der Waals surface area contributed by atoms with E-state index in [0.29, 0.717) is 5.56 Å². The monoisotopic (exact) mass is 919 g/mol. The molecule has 0 aromatic heterocycles. The molecule has 4 aliphatic heterocycles. The van der Waals surface area contributed by atoms with Gasteiger partial charge in [0, 0.05) is 17.7 Å². The Hall–Kier alpha value is -5.48. The predicted octanol–water partition coefficient (Wildman–Crippen LogP) is -3.05. The van der Waals surface area contributed by atoms with Crippen LogP contribution in [0.1, 0.15) is 5.56 Å². The van der Waals surface area contributed by atoms with Gasteiger partial charge in [-0.2, -0.15) is 0 Å². The van der Waals surface area contributed by atoms with Crippen molar-refractivity contribution in [3.63, 3.8) is 0 Å². The van der Waals surface area contributed by atoms with Crippen molar-refractivity contribution in [3.8, 4) is 51.4 Å². The van der Waals surface area contributed by atoms with E-state index in [9.17, 15) is 76.0 Å². The van der Waals surface area contributed by atoms with Gasteiger partial charge in [-0.3, -0.25) is 4.79 Å². The third kappa shape index (κ3) is 10.2. The van der Waals surface area contributed by atoms with Crippen molar-refractivity contribution in [1.29, 1.82) is 0 Å². The van der Waals surface area contributed by atoms with Crippen molar-refractivity contribution in [2.75, 3.05) is 19.8 Å². The molecule has 65 heavy (non-hydrogen) atoms. The topological polar surface area (TPSA) is 379 Å². The molecule has 2 aromatic rings. The van der Waals surface area contributed by atoms with Crippen LogP contribution in [0.2, 0.25) is 0 Å². The zero-order valence-electron chi connectivity index (χ0n) is 33.6. The Morgan fingerprint density at radius 1 is 0.631 bits per heavy atom. The van der Waals surface area contributed by atoms with Crippen LogP contribution in [0.5, 0.6) is 28.7 Å². The van der Waals surface area contributed by atoms with E-state index in [1.165, 1.54) is 54.6 Å². The predicted molar refractivity (Wildman–Crippen MR) is 215 cm³/mol. The number of rotatable bonds is 13. The highest BCUT2D eigenvalue weighted by Crippen LogP contribution is 2.43. The molecule has 14 N–H and O–H groups in total. The molecule has 23 heteroatoms. The summed E-state index contributed by atoms with van der Waals surface area (Å²) >= 11 is 0. The fourth-order valence-electron chi connectivity index (χ4n) is 7.22. The average Bonchev–Trinajstić information content (AvgIpc) is 3.29. The summed E-state index contributed by atoms with van der Waals surface area (Å²) in [5.74, 6) is -2.64. The highest BCUT2D eigenvalue weighted by Gasteiger charge is 2.52. The van der Waals surface area contributed by atoms with E-state index in [0.717, 1.165) is 18.2 Å². The fourth-order valence-corrected chi connectivity index (χ4v) is 7.22. The maximum absolute atomic E-state index is 12.9. The molecular formula is C42H47O23+. The second-order valence-corrected chi connectivity index (χ2v) is 15.3. The Balaban J connectivity index is 1.19. The van der Waals surface area contributed by atoms with Gasteiger partial charge in [0.25, 0.3) is 0 Å². The molecular weight excluding hydrogens is 872 g/mol. The lowest BCUT2D eigenvalue weighted by molar-refractivity contribution is -0.357. The Bertz CT molecular complexity index is 2320. The summed E-state index contributed by atoms with van der Waals surface area (Å²) in [6, 6.07) is 12.5. The maximum atomic E-state index is 12.9. The van der Waals surface area contributed by atoms with Crippen LogP contribution < -0.4 is 14.9 Å².